The van der Waals surface area contributed by atoms with E-state index >= 15 is 0 Å². The van der Waals surface area contributed by atoms with Crippen molar-refractivity contribution in [2.75, 3.05) is 36.8 Å². The van der Waals surface area contributed by atoms with E-state index in [-0.39, 0.29) is 44.4 Å². The predicted octanol–water partition coefficient (Wildman–Crippen LogP) is 3.74. The van der Waals surface area contributed by atoms with Gasteiger partial charge in [-0.1, -0.05) is 64.9 Å². The average molecular weight is 732 g/mol. The molecule has 4 amide bonds. The summed E-state index contributed by atoms with van der Waals surface area (Å²) in [6.45, 7) is 0.411. The molecule has 1 aromatic heterocycles. The monoisotopic (exact) mass is 730 g/mol. The first-order valence-electron chi connectivity index (χ1n) is 14.8. The summed E-state index contributed by atoms with van der Waals surface area (Å²) in [6, 6.07) is 16.1. The number of thiazole rings is 1. The molecule has 2 atom stereocenters. The van der Waals surface area contributed by atoms with Crippen molar-refractivity contribution in [1.82, 2.24) is 30.1 Å². The summed E-state index contributed by atoms with van der Waals surface area (Å²) < 4.78 is 26.7. The Kier molecular flexibility index (Phi) is 9.42. The lowest BCUT2D eigenvalue weighted by atomic mass is 9.99. The van der Waals surface area contributed by atoms with Crippen LogP contribution in [0.4, 0.5) is 15.6 Å². The fraction of sp³-hybridized carbons (Fsp3) is 0.290. The number of amides is 4. The molecule has 0 spiro atoms. The molecule has 2 fully saturated rings. The number of carbonyl (C=O) groups excluding carboxylic acids is 3. The molecule has 2 saturated heterocycles. The number of hydrogen-bond donors (Lipinski definition) is 3. The number of anilines is 2. The highest BCUT2D eigenvalue weighted by molar-refractivity contribution is 7.92. The van der Waals surface area contributed by atoms with Crippen LogP contribution in [0.2, 0.25) is 10.0 Å². The molecule has 0 aliphatic carbocycles. The second-order valence-corrected chi connectivity index (χ2v) is 15.3. The Hall–Kier alpha value is -4.15. The third-order valence-electron chi connectivity index (χ3n) is 8.24. The van der Waals surface area contributed by atoms with E-state index in [1.807, 2.05) is 18.2 Å². The Morgan fingerprint density at radius 3 is 2.52 bits per heavy atom. The topological polar surface area (TPSA) is 161 Å². The van der Waals surface area contributed by atoms with Gasteiger partial charge in [0.25, 0.3) is 0 Å². The van der Waals surface area contributed by atoms with Gasteiger partial charge in [-0.15, -0.1) is 0 Å². The largest absolute Gasteiger partial charge is 0.375 e. The van der Waals surface area contributed by atoms with Gasteiger partial charge >= 0.3 is 6.03 Å². The number of nitrogens with one attached hydrogen (secondary N) is 2. The van der Waals surface area contributed by atoms with Crippen LogP contribution < -0.4 is 15.8 Å². The van der Waals surface area contributed by atoms with Crippen molar-refractivity contribution >= 4 is 83.4 Å². The Morgan fingerprint density at radius 2 is 1.81 bits per heavy atom. The van der Waals surface area contributed by atoms with E-state index in [0.717, 1.165) is 27.6 Å². The highest BCUT2D eigenvalue weighted by Gasteiger charge is 2.51. The van der Waals surface area contributed by atoms with Gasteiger partial charge in [-0.2, -0.15) is 5.01 Å². The van der Waals surface area contributed by atoms with Crippen LogP contribution in [0.1, 0.15) is 16.7 Å². The lowest BCUT2D eigenvalue weighted by Gasteiger charge is -2.45. The third kappa shape index (κ3) is 7.15. The van der Waals surface area contributed by atoms with E-state index in [2.05, 4.69) is 15.0 Å². The molecule has 0 bridgehead atoms. The van der Waals surface area contributed by atoms with Crippen molar-refractivity contribution in [3.63, 3.8) is 0 Å². The maximum atomic E-state index is 14.2. The molecule has 17 heteroatoms. The quantitative estimate of drug-likeness (QED) is 0.235. The summed E-state index contributed by atoms with van der Waals surface area (Å²) in [5.41, 5.74) is 9.36. The van der Waals surface area contributed by atoms with Crippen LogP contribution in [-0.2, 0) is 39.1 Å². The summed E-state index contributed by atoms with van der Waals surface area (Å²) in [5.74, 6) is -0.557. The highest BCUT2D eigenvalue weighted by Crippen LogP contribution is 2.32. The van der Waals surface area contributed by atoms with Gasteiger partial charge in [0, 0.05) is 32.2 Å². The number of hydrazine groups is 1. The maximum absolute atomic E-state index is 14.2. The van der Waals surface area contributed by atoms with E-state index in [1.165, 1.54) is 16.3 Å². The minimum Gasteiger partial charge on any atom is -0.375 e. The van der Waals surface area contributed by atoms with E-state index in [4.69, 9.17) is 28.9 Å². The van der Waals surface area contributed by atoms with Gasteiger partial charge in [0.1, 0.15) is 12.2 Å². The molecule has 2 aliphatic rings. The number of nitrogens with two attached hydrogens (primary N) is 1. The first-order valence-corrected chi connectivity index (χ1v) is 18.3. The number of urea groups is 1. The molecule has 0 saturated carbocycles. The number of aromatic nitrogens is 1. The van der Waals surface area contributed by atoms with Crippen molar-refractivity contribution in [2.24, 2.45) is 0 Å². The second-order valence-electron chi connectivity index (χ2n) is 11.6. The van der Waals surface area contributed by atoms with Crippen molar-refractivity contribution < 1.29 is 22.8 Å². The zero-order valence-corrected chi connectivity index (χ0v) is 29.0. The highest BCUT2D eigenvalue weighted by atomic mass is 35.5. The SMILES string of the molecule is CN(C(=O)NCc1ccc(Cl)c(Cl)c1)N1CC(=O)N2[C@@H](Cc3ccc(NS(C)(=O)=O)cc3)C(=O)N(Cc3cccc4sc(N)nc34)C[C@@H]21. The molecule has 13 nitrogen and oxygen atoms in total. The van der Waals surface area contributed by atoms with Crippen LogP contribution >= 0.6 is 34.5 Å². The molecule has 2 aliphatic heterocycles. The van der Waals surface area contributed by atoms with Crippen molar-refractivity contribution in [1.29, 1.82) is 0 Å². The van der Waals surface area contributed by atoms with E-state index in [1.54, 1.807) is 64.3 Å². The Bertz CT molecular complexity index is 2010. The van der Waals surface area contributed by atoms with Gasteiger partial charge in [0.15, 0.2) is 5.13 Å². The normalized spacial score (nSPS) is 18.3. The molecular formula is C31H32Cl2N8O5S2. The number of piperazine rings is 1. The number of para-hydroxylation sites is 1. The summed E-state index contributed by atoms with van der Waals surface area (Å²) in [6.07, 6.45) is 0.587. The fourth-order valence-corrected chi connectivity index (χ4v) is 7.68. The number of sulfonamides is 1. The van der Waals surface area contributed by atoms with Crippen LogP contribution in [0.5, 0.6) is 0 Å². The molecule has 3 aromatic carbocycles. The van der Waals surface area contributed by atoms with Crippen molar-refractivity contribution in [3.05, 3.63) is 87.4 Å². The van der Waals surface area contributed by atoms with Crippen LogP contribution in [0.25, 0.3) is 10.2 Å². The van der Waals surface area contributed by atoms with Gasteiger partial charge in [-0.25, -0.2) is 18.2 Å². The number of nitrogens with zero attached hydrogens (tertiary/aromatic N) is 5. The lowest BCUT2D eigenvalue weighted by Crippen LogP contribution is -2.65. The molecule has 6 rings (SSSR count). The molecule has 252 valence electrons. The number of nitrogen functional groups attached to an aromatic ring is 1. The number of hydrogen-bond acceptors (Lipinski definition) is 9. The standard InChI is InChI=1S/C31H32Cl2N8O5S2/c1-38(31(44)35-14-19-8-11-22(32)23(33)12-19)40-17-27(42)41-24(13-18-6-9-21(10-7-18)37-48(2,45)46)29(43)39(16-26(40)41)15-20-4-3-5-25-28(20)36-30(34)47-25/h3-12,24,26,37H,13-17H2,1-2H3,(H2,34,36)(H,35,44)/t24-,26+/m0/s1. The molecule has 4 aromatic rings. The van der Waals surface area contributed by atoms with Crippen LogP contribution in [0.3, 0.4) is 0 Å². The number of fused-ring (bicyclic) bond motifs is 2. The summed E-state index contributed by atoms with van der Waals surface area (Å²) in [5, 5.41) is 7.06. The minimum absolute atomic E-state index is 0.117. The van der Waals surface area contributed by atoms with Crippen molar-refractivity contribution in [2.45, 2.75) is 31.7 Å². The second kappa shape index (κ2) is 13.4. The molecule has 3 heterocycles. The lowest BCUT2D eigenvalue weighted by molar-refractivity contribution is -0.157. The van der Waals surface area contributed by atoms with Crippen LogP contribution in [-0.4, -0.2) is 89.7 Å². The minimum atomic E-state index is -3.47. The van der Waals surface area contributed by atoms with Crippen molar-refractivity contribution in [3.8, 4) is 0 Å². The molecule has 0 radical (unpaired) electrons. The summed E-state index contributed by atoms with van der Waals surface area (Å²) >= 11 is 13.5. The zero-order valence-electron chi connectivity index (χ0n) is 25.9. The van der Waals surface area contributed by atoms with Crippen LogP contribution in [0, 0.1) is 0 Å². The first-order chi connectivity index (χ1) is 22.8. The number of halogens is 2. The van der Waals surface area contributed by atoms with Gasteiger partial charge in [-0.3, -0.25) is 19.3 Å². The average Bonchev–Trinajstić information content (AvgIpc) is 3.58. The number of carbonyl (C=O) groups is 3. The Balaban J connectivity index is 1.27. The maximum Gasteiger partial charge on any atom is 0.332 e. The molecule has 0 unspecified atom stereocenters. The zero-order chi connectivity index (χ0) is 34.3. The first kappa shape index (κ1) is 33.7. The fourth-order valence-electron chi connectivity index (χ4n) is 6.01. The smallest absolute Gasteiger partial charge is 0.332 e. The van der Waals surface area contributed by atoms with E-state index in [9.17, 15) is 22.8 Å². The van der Waals surface area contributed by atoms with E-state index < -0.39 is 28.3 Å². The molecular weight excluding hydrogens is 699 g/mol. The summed E-state index contributed by atoms with van der Waals surface area (Å²) in [7, 11) is -1.90. The predicted molar refractivity (Wildman–Crippen MR) is 186 cm³/mol. The van der Waals surface area contributed by atoms with Gasteiger partial charge in [0.05, 0.1) is 39.6 Å². The number of rotatable bonds is 9. The molecule has 4 N–H and O–H groups in total. The van der Waals surface area contributed by atoms with Gasteiger partial charge in [0.2, 0.25) is 21.8 Å². The molecule has 48 heavy (non-hydrogen) atoms. The van der Waals surface area contributed by atoms with Gasteiger partial charge < -0.3 is 20.9 Å². The third-order valence-corrected chi connectivity index (χ3v) is 10.4. The Morgan fingerprint density at radius 1 is 1.08 bits per heavy atom. The van der Waals surface area contributed by atoms with Crippen LogP contribution in [0.15, 0.2) is 60.7 Å². The summed E-state index contributed by atoms with van der Waals surface area (Å²) in [4.78, 5) is 48.9. The number of benzene rings is 3. The Labute approximate surface area is 291 Å². The van der Waals surface area contributed by atoms with Gasteiger partial charge in [-0.05, 0) is 47.0 Å². The van der Waals surface area contributed by atoms with E-state index in [0.29, 0.717) is 26.4 Å².